The monoisotopic (exact) mass is 323 g/mol. The molecular formula is C19H25N5. The Kier molecular flexibility index (Phi) is 4.10. The Bertz CT molecular complexity index is 714. The minimum Gasteiger partial charge on any atom is -0.384 e. The van der Waals surface area contributed by atoms with E-state index < -0.39 is 0 Å². The summed E-state index contributed by atoms with van der Waals surface area (Å²) in [5.74, 6) is 0.884. The van der Waals surface area contributed by atoms with Crippen molar-refractivity contribution in [2.45, 2.75) is 26.8 Å². The first-order valence-electron chi connectivity index (χ1n) is 8.83. The molecule has 1 aromatic heterocycles. The lowest BCUT2D eigenvalue weighted by molar-refractivity contribution is 0.249. The molecule has 2 aliphatic heterocycles. The number of benzene rings is 1. The highest BCUT2D eigenvalue weighted by Gasteiger charge is 2.21. The van der Waals surface area contributed by atoms with Gasteiger partial charge in [0.15, 0.2) is 0 Å². The van der Waals surface area contributed by atoms with Crippen LogP contribution < -0.4 is 10.2 Å². The molecule has 126 valence electrons. The molecular weight excluding hydrogens is 298 g/mol. The van der Waals surface area contributed by atoms with E-state index in [0.717, 1.165) is 63.0 Å². The zero-order valence-corrected chi connectivity index (χ0v) is 14.5. The van der Waals surface area contributed by atoms with Crippen LogP contribution in [0.4, 0.5) is 11.6 Å². The summed E-state index contributed by atoms with van der Waals surface area (Å²) in [5.41, 5.74) is 6.37. The van der Waals surface area contributed by atoms with E-state index in [4.69, 9.17) is 0 Å². The third-order valence-electron chi connectivity index (χ3n) is 4.95. The summed E-state index contributed by atoms with van der Waals surface area (Å²) in [7, 11) is 0. The van der Waals surface area contributed by atoms with Crippen molar-refractivity contribution in [1.82, 2.24) is 14.9 Å². The Morgan fingerprint density at radius 1 is 1.04 bits per heavy atom. The second-order valence-corrected chi connectivity index (χ2v) is 6.84. The lowest BCUT2D eigenvalue weighted by Crippen LogP contribution is -2.46. The normalized spacial score (nSPS) is 17.7. The van der Waals surface area contributed by atoms with E-state index in [9.17, 15) is 0 Å². The number of hydrogen-bond acceptors (Lipinski definition) is 5. The van der Waals surface area contributed by atoms with Gasteiger partial charge in [-0.25, -0.2) is 9.97 Å². The number of piperazine rings is 1. The van der Waals surface area contributed by atoms with Crippen molar-refractivity contribution in [3.05, 3.63) is 46.8 Å². The van der Waals surface area contributed by atoms with Crippen molar-refractivity contribution in [2.24, 2.45) is 0 Å². The standard InChI is InChI=1S/C19H25N5/c1-14-12-15(2)22-19(21-14)24-10-8-23(9-11-24)13-17-5-3-4-16-6-7-20-18(16)17/h3-5,12,20H,6-11,13H2,1-2H3. The molecule has 5 nitrogen and oxygen atoms in total. The topological polar surface area (TPSA) is 44.3 Å². The van der Waals surface area contributed by atoms with Crippen LogP contribution in [0.25, 0.3) is 0 Å². The van der Waals surface area contributed by atoms with E-state index in [1.54, 1.807) is 0 Å². The highest BCUT2D eigenvalue weighted by Crippen LogP contribution is 2.27. The zero-order chi connectivity index (χ0) is 16.5. The lowest BCUT2D eigenvalue weighted by Gasteiger charge is -2.35. The Hall–Kier alpha value is -2.14. The van der Waals surface area contributed by atoms with Gasteiger partial charge in [-0.05, 0) is 37.5 Å². The molecule has 24 heavy (non-hydrogen) atoms. The molecule has 0 atom stereocenters. The van der Waals surface area contributed by atoms with Gasteiger partial charge in [-0.15, -0.1) is 0 Å². The second kappa shape index (κ2) is 6.40. The number of nitrogens with zero attached hydrogens (tertiary/aromatic N) is 4. The Morgan fingerprint density at radius 3 is 2.54 bits per heavy atom. The summed E-state index contributed by atoms with van der Waals surface area (Å²) in [5, 5.41) is 3.55. The molecule has 0 radical (unpaired) electrons. The van der Waals surface area contributed by atoms with Gasteiger partial charge in [0.2, 0.25) is 5.95 Å². The van der Waals surface area contributed by atoms with E-state index in [0.29, 0.717) is 0 Å². The number of rotatable bonds is 3. The van der Waals surface area contributed by atoms with E-state index in [1.165, 1.54) is 16.8 Å². The molecule has 1 N–H and O–H groups in total. The van der Waals surface area contributed by atoms with Gasteiger partial charge in [0, 0.05) is 56.3 Å². The SMILES string of the molecule is Cc1cc(C)nc(N2CCN(Cc3cccc4c3NCC4)CC2)n1. The Morgan fingerprint density at radius 2 is 1.79 bits per heavy atom. The van der Waals surface area contributed by atoms with E-state index >= 15 is 0 Å². The minimum absolute atomic E-state index is 0.884. The third-order valence-corrected chi connectivity index (χ3v) is 4.95. The molecule has 1 fully saturated rings. The summed E-state index contributed by atoms with van der Waals surface area (Å²) < 4.78 is 0. The maximum atomic E-state index is 4.60. The van der Waals surface area contributed by atoms with Gasteiger partial charge in [0.05, 0.1) is 0 Å². The van der Waals surface area contributed by atoms with Crippen LogP contribution in [-0.2, 0) is 13.0 Å². The van der Waals surface area contributed by atoms with E-state index in [2.05, 4.69) is 43.3 Å². The van der Waals surface area contributed by atoms with Crippen molar-refractivity contribution in [2.75, 3.05) is 42.9 Å². The number of hydrogen-bond donors (Lipinski definition) is 1. The largest absolute Gasteiger partial charge is 0.384 e. The van der Waals surface area contributed by atoms with Crippen LogP contribution in [0.5, 0.6) is 0 Å². The minimum atomic E-state index is 0.884. The number of nitrogens with one attached hydrogen (secondary N) is 1. The fourth-order valence-electron chi connectivity index (χ4n) is 3.74. The first-order chi connectivity index (χ1) is 11.7. The smallest absolute Gasteiger partial charge is 0.225 e. The molecule has 2 aliphatic rings. The van der Waals surface area contributed by atoms with Crippen LogP contribution in [0.15, 0.2) is 24.3 Å². The average Bonchev–Trinajstić information content (AvgIpc) is 3.04. The van der Waals surface area contributed by atoms with Gasteiger partial charge in [-0.1, -0.05) is 18.2 Å². The number of aromatic nitrogens is 2. The van der Waals surface area contributed by atoms with Crippen molar-refractivity contribution >= 4 is 11.6 Å². The quantitative estimate of drug-likeness (QED) is 0.939. The predicted molar refractivity (Wildman–Crippen MR) is 97.6 cm³/mol. The van der Waals surface area contributed by atoms with Gasteiger partial charge in [0.25, 0.3) is 0 Å². The molecule has 0 amide bonds. The average molecular weight is 323 g/mol. The molecule has 0 saturated carbocycles. The van der Waals surface area contributed by atoms with Crippen LogP contribution in [0, 0.1) is 13.8 Å². The maximum Gasteiger partial charge on any atom is 0.225 e. The third kappa shape index (κ3) is 3.08. The number of fused-ring (bicyclic) bond motifs is 1. The molecule has 0 spiro atoms. The zero-order valence-electron chi connectivity index (χ0n) is 14.5. The molecule has 0 unspecified atom stereocenters. The van der Waals surface area contributed by atoms with Crippen molar-refractivity contribution in [1.29, 1.82) is 0 Å². The summed E-state index contributed by atoms with van der Waals surface area (Å²) in [6.07, 6.45) is 1.15. The summed E-state index contributed by atoms with van der Waals surface area (Å²) in [6.45, 7) is 10.3. The van der Waals surface area contributed by atoms with Crippen LogP contribution in [0.2, 0.25) is 0 Å². The number of para-hydroxylation sites is 1. The van der Waals surface area contributed by atoms with Crippen LogP contribution in [-0.4, -0.2) is 47.6 Å². The van der Waals surface area contributed by atoms with Crippen LogP contribution in [0.3, 0.4) is 0 Å². The predicted octanol–water partition coefficient (Wildman–Crippen LogP) is 2.38. The molecule has 4 rings (SSSR count). The van der Waals surface area contributed by atoms with Gasteiger partial charge in [-0.2, -0.15) is 0 Å². The molecule has 3 heterocycles. The summed E-state index contributed by atoms with van der Waals surface area (Å²) in [6, 6.07) is 8.73. The van der Waals surface area contributed by atoms with Gasteiger partial charge >= 0.3 is 0 Å². The first kappa shape index (κ1) is 15.4. The van der Waals surface area contributed by atoms with Gasteiger partial charge in [-0.3, -0.25) is 4.90 Å². The van der Waals surface area contributed by atoms with Crippen LogP contribution in [0.1, 0.15) is 22.5 Å². The first-order valence-corrected chi connectivity index (χ1v) is 8.83. The Labute approximate surface area is 143 Å². The number of anilines is 2. The van der Waals surface area contributed by atoms with Gasteiger partial charge in [0.1, 0.15) is 0 Å². The molecule has 1 saturated heterocycles. The van der Waals surface area contributed by atoms with Crippen molar-refractivity contribution < 1.29 is 0 Å². The molecule has 1 aromatic carbocycles. The Balaban J connectivity index is 1.41. The van der Waals surface area contributed by atoms with Crippen LogP contribution >= 0.6 is 0 Å². The molecule has 0 aliphatic carbocycles. The van der Waals surface area contributed by atoms with E-state index in [1.807, 2.05) is 19.9 Å². The number of aryl methyl sites for hydroxylation is 2. The maximum absolute atomic E-state index is 4.60. The van der Waals surface area contributed by atoms with Gasteiger partial charge < -0.3 is 10.2 Å². The summed E-state index contributed by atoms with van der Waals surface area (Å²) >= 11 is 0. The van der Waals surface area contributed by atoms with Crippen molar-refractivity contribution in [3.8, 4) is 0 Å². The highest BCUT2D eigenvalue weighted by molar-refractivity contribution is 5.61. The second-order valence-electron chi connectivity index (χ2n) is 6.84. The van der Waals surface area contributed by atoms with Crippen molar-refractivity contribution in [3.63, 3.8) is 0 Å². The summed E-state index contributed by atoms with van der Waals surface area (Å²) in [4.78, 5) is 14.0. The fourth-order valence-corrected chi connectivity index (χ4v) is 3.74. The lowest BCUT2D eigenvalue weighted by atomic mass is 10.1. The fraction of sp³-hybridized carbons (Fsp3) is 0.474. The van der Waals surface area contributed by atoms with E-state index in [-0.39, 0.29) is 0 Å². The molecule has 2 aromatic rings. The highest BCUT2D eigenvalue weighted by atomic mass is 15.3. The molecule has 5 heteroatoms. The molecule has 0 bridgehead atoms.